The van der Waals surface area contributed by atoms with E-state index in [1.165, 1.54) is 0 Å². The first-order valence-corrected chi connectivity index (χ1v) is 3.32. The van der Waals surface area contributed by atoms with Gasteiger partial charge in [-0.25, -0.2) is 4.57 Å². The lowest BCUT2D eigenvalue weighted by Gasteiger charge is -1.94. The molecule has 1 fully saturated rings. The van der Waals surface area contributed by atoms with E-state index < -0.39 is 7.82 Å². The molecule has 0 aromatic heterocycles. The highest BCUT2D eigenvalue weighted by Gasteiger charge is 2.26. The third-order valence-corrected chi connectivity index (χ3v) is 1.61. The second-order valence-corrected chi connectivity index (χ2v) is 2.59. The van der Waals surface area contributed by atoms with E-state index in [4.69, 9.17) is 4.89 Å². The molecule has 0 aromatic rings. The Hall–Kier alpha value is -0.0100. The summed E-state index contributed by atoms with van der Waals surface area (Å²) in [5, 5.41) is 0. The fraction of sp³-hybridized carbons (Fsp3) is 1.00. The molecular weight excluding hydrogens is 163 g/mol. The fourth-order valence-electron chi connectivity index (χ4n) is 0.343. The van der Waals surface area contributed by atoms with Crippen LogP contribution in [0.4, 0.5) is 0 Å². The summed E-state index contributed by atoms with van der Waals surface area (Å²) >= 11 is 0. The number of phosphoric ester groups is 1. The van der Waals surface area contributed by atoms with Crippen molar-refractivity contribution >= 4 is 7.82 Å². The molecule has 0 amide bonds. The van der Waals surface area contributed by atoms with Gasteiger partial charge < -0.3 is 22.7 Å². The van der Waals surface area contributed by atoms with Crippen molar-refractivity contribution < 1.29 is 24.0 Å². The normalized spacial score (nSPS) is 19.7. The molecular formula is C2H13N2O5P. The maximum absolute atomic E-state index is 10.1. The van der Waals surface area contributed by atoms with Crippen LogP contribution in [0.15, 0.2) is 0 Å². The highest BCUT2D eigenvalue weighted by Crippen LogP contribution is 2.46. The van der Waals surface area contributed by atoms with E-state index >= 15 is 0 Å². The van der Waals surface area contributed by atoms with Crippen LogP contribution in [0.5, 0.6) is 0 Å². The molecule has 0 atom stereocenters. The van der Waals surface area contributed by atoms with Gasteiger partial charge in [0.05, 0.1) is 13.2 Å². The minimum Gasteiger partial charge on any atom is -0.412 e. The second kappa shape index (κ2) is 5.75. The molecule has 1 aliphatic rings. The molecule has 8 heteroatoms. The number of hydrogen-bond acceptors (Lipinski definition) is 5. The van der Waals surface area contributed by atoms with Crippen LogP contribution in [-0.2, 0) is 13.6 Å². The molecule has 0 bridgehead atoms. The molecule has 66 valence electrons. The Morgan fingerprint density at radius 2 is 1.50 bits per heavy atom. The quantitative estimate of drug-likeness (QED) is 0.427. The van der Waals surface area contributed by atoms with E-state index in [2.05, 4.69) is 9.05 Å². The Bertz CT molecular complexity index is 108. The van der Waals surface area contributed by atoms with Gasteiger partial charge in [0.1, 0.15) is 0 Å². The Morgan fingerprint density at radius 1 is 1.20 bits per heavy atom. The van der Waals surface area contributed by atoms with E-state index in [0.29, 0.717) is 0 Å². The molecule has 7 nitrogen and oxygen atoms in total. The SMILES string of the molecule is N.N.O.O=P1(O)OCCO1. The fourth-order valence-corrected chi connectivity index (χ4v) is 1.03. The molecule has 1 aliphatic heterocycles. The van der Waals surface area contributed by atoms with Crippen molar-refractivity contribution in [2.45, 2.75) is 0 Å². The van der Waals surface area contributed by atoms with Gasteiger partial charge in [0.15, 0.2) is 0 Å². The summed E-state index contributed by atoms with van der Waals surface area (Å²) in [4.78, 5) is 8.31. The van der Waals surface area contributed by atoms with Crippen molar-refractivity contribution in [2.24, 2.45) is 0 Å². The van der Waals surface area contributed by atoms with Gasteiger partial charge in [0.2, 0.25) is 0 Å². The zero-order valence-corrected chi connectivity index (χ0v) is 6.34. The Labute approximate surface area is 58.4 Å². The summed E-state index contributed by atoms with van der Waals surface area (Å²) in [6.07, 6.45) is 0. The predicted octanol–water partition coefficient (Wildman–Crippen LogP) is -0.367. The van der Waals surface area contributed by atoms with Gasteiger partial charge in [0.25, 0.3) is 0 Å². The van der Waals surface area contributed by atoms with Gasteiger partial charge in [-0.15, -0.1) is 0 Å². The van der Waals surface area contributed by atoms with E-state index in [1.807, 2.05) is 0 Å². The van der Waals surface area contributed by atoms with E-state index in [-0.39, 0.29) is 31.0 Å². The average molecular weight is 176 g/mol. The third-order valence-electron chi connectivity index (χ3n) is 0.592. The van der Waals surface area contributed by atoms with Crippen molar-refractivity contribution in [3.8, 4) is 0 Å². The average Bonchev–Trinajstić information content (AvgIpc) is 1.84. The van der Waals surface area contributed by atoms with Gasteiger partial charge in [-0.05, 0) is 0 Å². The lowest BCUT2D eigenvalue weighted by atomic mass is 10.8. The van der Waals surface area contributed by atoms with Crippen molar-refractivity contribution in [1.82, 2.24) is 12.3 Å². The van der Waals surface area contributed by atoms with E-state index in [0.717, 1.165) is 0 Å². The van der Waals surface area contributed by atoms with Gasteiger partial charge in [-0.2, -0.15) is 0 Å². The van der Waals surface area contributed by atoms with Crippen molar-refractivity contribution in [1.29, 1.82) is 0 Å². The van der Waals surface area contributed by atoms with Crippen LogP contribution < -0.4 is 12.3 Å². The molecule has 0 spiro atoms. The Morgan fingerprint density at radius 3 is 1.60 bits per heavy atom. The van der Waals surface area contributed by atoms with Crippen LogP contribution in [-0.4, -0.2) is 23.6 Å². The highest BCUT2D eigenvalue weighted by atomic mass is 31.2. The molecule has 1 heterocycles. The largest absolute Gasteiger partial charge is 0.472 e. The summed E-state index contributed by atoms with van der Waals surface area (Å²) in [5.74, 6) is 0. The molecule has 0 saturated carbocycles. The topological polar surface area (TPSA) is 157 Å². The summed E-state index contributed by atoms with van der Waals surface area (Å²) in [6.45, 7) is 0.460. The van der Waals surface area contributed by atoms with Gasteiger partial charge in [-0.3, -0.25) is 9.05 Å². The molecule has 0 aliphatic carbocycles. The summed E-state index contributed by atoms with van der Waals surface area (Å²) in [6, 6.07) is 0. The monoisotopic (exact) mass is 176 g/mol. The minimum atomic E-state index is -3.54. The van der Waals surface area contributed by atoms with Gasteiger partial charge in [-0.1, -0.05) is 0 Å². The molecule has 1 saturated heterocycles. The first kappa shape index (κ1) is 16.5. The van der Waals surface area contributed by atoms with Gasteiger partial charge >= 0.3 is 7.82 Å². The van der Waals surface area contributed by atoms with Crippen molar-refractivity contribution in [2.75, 3.05) is 13.2 Å². The van der Waals surface area contributed by atoms with E-state index in [9.17, 15) is 4.57 Å². The Balaban J connectivity index is -0.000000163. The number of phosphoric acid groups is 1. The van der Waals surface area contributed by atoms with Crippen LogP contribution in [0.2, 0.25) is 0 Å². The maximum atomic E-state index is 10.1. The standard InChI is InChI=1S/C2H5O4P.2H3N.H2O/c3-7(4)5-1-2-6-7;;;/h1-2H2,(H,3,4);2*1H3;1H2. The van der Waals surface area contributed by atoms with Crippen LogP contribution in [0.3, 0.4) is 0 Å². The summed E-state index contributed by atoms with van der Waals surface area (Å²) in [5.41, 5.74) is 0. The zero-order valence-electron chi connectivity index (χ0n) is 5.45. The molecule has 1 rings (SSSR count). The van der Waals surface area contributed by atoms with Crippen LogP contribution in [0, 0.1) is 0 Å². The van der Waals surface area contributed by atoms with Crippen molar-refractivity contribution in [3.63, 3.8) is 0 Å². The smallest absolute Gasteiger partial charge is 0.412 e. The number of hydrogen-bond donors (Lipinski definition) is 3. The highest BCUT2D eigenvalue weighted by molar-refractivity contribution is 7.47. The Kier molecular flexibility index (Phi) is 9.50. The second-order valence-electron chi connectivity index (χ2n) is 1.14. The molecule has 0 radical (unpaired) electrons. The molecule has 0 unspecified atom stereocenters. The van der Waals surface area contributed by atoms with Crippen molar-refractivity contribution in [3.05, 3.63) is 0 Å². The van der Waals surface area contributed by atoms with Gasteiger partial charge in [0, 0.05) is 0 Å². The molecule has 10 heavy (non-hydrogen) atoms. The molecule has 0 aromatic carbocycles. The maximum Gasteiger partial charge on any atom is 0.472 e. The van der Waals surface area contributed by atoms with Crippen LogP contribution in [0.25, 0.3) is 0 Å². The predicted molar refractivity (Wildman–Crippen MR) is 35.4 cm³/mol. The van der Waals surface area contributed by atoms with Crippen LogP contribution >= 0.6 is 7.82 Å². The first-order valence-electron chi connectivity index (χ1n) is 1.83. The molecule has 9 N–H and O–H groups in total. The van der Waals surface area contributed by atoms with E-state index in [1.54, 1.807) is 0 Å². The number of rotatable bonds is 0. The summed E-state index contributed by atoms with van der Waals surface area (Å²) in [7, 11) is -3.54. The minimum absolute atomic E-state index is 0. The lowest BCUT2D eigenvalue weighted by molar-refractivity contribution is 0.262. The lowest BCUT2D eigenvalue weighted by Crippen LogP contribution is -1.79. The first-order chi connectivity index (χ1) is 3.21. The zero-order chi connectivity index (χ0) is 5.33. The third kappa shape index (κ3) is 4.83. The summed E-state index contributed by atoms with van der Waals surface area (Å²) < 4.78 is 18.6. The van der Waals surface area contributed by atoms with Crippen LogP contribution in [0.1, 0.15) is 0 Å².